The molecule has 0 radical (unpaired) electrons. The van der Waals surface area contributed by atoms with E-state index in [1.807, 2.05) is 11.8 Å². The fourth-order valence-electron chi connectivity index (χ4n) is 2.65. The molecular weight excluding hydrogens is 198 g/mol. The molecule has 1 unspecified atom stereocenters. The summed E-state index contributed by atoms with van der Waals surface area (Å²) in [6, 6.07) is 0. The third-order valence-electron chi connectivity index (χ3n) is 3.85. The fraction of sp³-hybridized carbons (Fsp3) is 1.00. The van der Waals surface area contributed by atoms with Gasteiger partial charge in [-0.2, -0.15) is 11.8 Å². The van der Waals surface area contributed by atoms with Crippen LogP contribution in [0.15, 0.2) is 0 Å². The van der Waals surface area contributed by atoms with Gasteiger partial charge in [-0.15, -0.1) is 0 Å². The minimum Gasteiger partial charge on any atom is -0.396 e. The predicted octanol–water partition coefficient (Wildman–Crippen LogP) is 0.216. The van der Waals surface area contributed by atoms with Crippen LogP contribution in [0.25, 0.3) is 0 Å². The largest absolute Gasteiger partial charge is 0.396 e. The van der Waals surface area contributed by atoms with E-state index in [1.54, 1.807) is 0 Å². The topological polar surface area (TPSA) is 52.5 Å². The molecule has 3 N–H and O–H groups in total. The number of piperidine rings is 1. The normalized spacial score (nSPS) is 37.3. The zero-order valence-electron chi connectivity index (χ0n) is 8.46. The van der Waals surface area contributed by atoms with Crippen molar-refractivity contribution < 1.29 is 10.2 Å². The Bertz CT molecular complexity index is 198. The van der Waals surface area contributed by atoms with Gasteiger partial charge in [0.2, 0.25) is 0 Å². The van der Waals surface area contributed by atoms with Gasteiger partial charge in [0.15, 0.2) is 0 Å². The van der Waals surface area contributed by atoms with Crippen molar-refractivity contribution in [3.05, 3.63) is 0 Å². The Labute approximate surface area is 89.3 Å². The third-order valence-corrected chi connectivity index (χ3v) is 5.03. The van der Waals surface area contributed by atoms with Crippen LogP contribution in [0.5, 0.6) is 0 Å². The number of hydrogen-bond acceptors (Lipinski definition) is 4. The quantitative estimate of drug-likeness (QED) is 0.619. The van der Waals surface area contributed by atoms with E-state index in [-0.39, 0.29) is 12.0 Å². The molecule has 0 amide bonds. The average molecular weight is 217 g/mol. The van der Waals surface area contributed by atoms with Gasteiger partial charge < -0.3 is 15.5 Å². The van der Waals surface area contributed by atoms with Crippen LogP contribution in [0.2, 0.25) is 0 Å². The number of rotatable bonds is 2. The Hall–Kier alpha value is 0.230. The van der Waals surface area contributed by atoms with E-state index < -0.39 is 5.60 Å². The van der Waals surface area contributed by atoms with Crippen molar-refractivity contribution >= 4 is 11.8 Å². The Kier molecular flexibility index (Phi) is 3.07. The summed E-state index contributed by atoms with van der Waals surface area (Å²) in [6.45, 7) is 1.98. The molecule has 0 aromatic rings. The van der Waals surface area contributed by atoms with E-state index >= 15 is 0 Å². The second kappa shape index (κ2) is 4.00. The number of aliphatic hydroxyl groups excluding tert-OH is 1. The summed E-state index contributed by atoms with van der Waals surface area (Å²) < 4.78 is 0. The molecule has 2 saturated heterocycles. The molecule has 1 atom stereocenters. The van der Waals surface area contributed by atoms with E-state index in [0.717, 1.165) is 43.9 Å². The lowest BCUT2D eigenvalue weighted by Gasteiger charge is -2.46. The van der Waals surface area contributed by atoms with Crippen molar-refractivity contribution in [3.63, 3.8) is 0 Å². The number of thioether (sulfide) groups is 1. The highest BCUT2D eigenvalue weighted by atomic mass is 32.2. The maximum absolute atomic E-state index is 10.6. The molecular formula is C10H19NO2S. The maximum Gasteiger partial charge on any atom is 0.0824 e. The summed E-state index contributed by atoms with van der Waals surface area (Å²) in [7, 11) is 0. The van der Waals surface area contributed by atoms with Crippen molar-refractivity contribution in [2.45, 2.75) is 24.9 Å². The van der Waals surface area contributed by atoms with Crippen molar-refractivity contribution in [3.8, 4) is 0 Å². The summed E-state index contributed by atoms with van der Waals surface area (Å²) in [4.78, 5) is 0. The Balaban J connectivity index is 2.16. The Morgan fingerprint density at radius 2 is 1.93 bits per heavy atom. The minimum atomic E-state index is -0.617. The first-order chi connectivity index (χ1) is 6.72. The fourth-order valence-corrected chi connectivity index (χ4v) is 4.06. The van der Waals surface area contributed by atoms with Gasteiger partial charge in [0.25, 0.3) is 0 Å². The van der Waals surface area contributed by atoms with Gasteiger partial charge in [-0.25, -0.2) is 0 Å². The first-order valence-corrected chi connectivity index (χ1v) is 6.50. The second-order valence-corrected chi connectivity index (χ2v) is 5.63. The van der Waals surface area contributed by atoms with Crippen LogP contribution in [-0.2, 0) is 0 Å². The van der Waals surface area contributed by atoms with Crippen molar-refractivity contribution in [2.75, 3.05) is 31.2 Å². The molecule has 0 aromatic carbocycles. The molecule has 14 heavy (non-hydrogen) atoms. The maximum atomic E-state index is 10.6. The van der Waals surface area contributed by atoms with E-state index in [2.05, 4.69) is 5.32 Å². The lowest BCUT2D eigenvalue weighted by Crippen LogP contribution is -2.55. The summed E-state index contributed by atoms with van der Waals surface area (Å²) in [5.74, 6) is 1.83. The molecule has 2 fully saturated rings. The highest BCUT2D eigenvalue weighted by Gasteiger charge is 2.51. The van der Waals surface area contributed by atoms with Crippen LogP contribution in [-0.4, -0.2) is 47.0 Å². The molecule has 0 aliphatic carbocycles. The van der Waals surface area contributed by atoms with Gasteiger partial charge >= 0.3 is 0 Å². The second-order valence-electron chi connectivity index (χ2n) is 4.52. The van der Waals surface area contributed by atoms with E-state index in [4.69, 9.17) is 0 Å². The molecule has 2 aliphatic heterocycles. The van der Waals surface area contributed by atoms with Crippen LogP contribution in [0.4, 0.5) is 0 Å². The average Bonchev–Trinajstić information content (AvgIpc) is 2.68. The van der Waals surface area contributed by atoms with Crippen molar-refractivity contribution in [2.24, 2.45) is 5.41 Å². The SMILES string of the molecule is OCC1(C2(O)CCSC2)CCNCC1. The molecule has 2 rings (SSSR count). The van der Waals surface area contributed by atoms with Crippen molar-refractivity contribution in [1.82, 2.24) is 5.32 Å². The number of aliphatic hydroxyl groups is 2. The summed E-state index contributed by atoms with van der Waals surface area (Å²) in [6.07, 6.45) is 2.65. The van der Waals surface area contributed by atoms with Crippen LogP contribution in [0.3, 0.4) is 0 Å². The number of nitrogens with one attached hydrogen (secondary N) is 1. The van der Waals surface area contributed by atoms with Gasteiger partial charge in [0, 0.05) is 11.2 Å². The van der Waals surface area contributed by atoms with E-state index in [9.17, 15) is 10.2 Å². The monoisotopic (exact) mass is 217 g/mol. The van der Waals surface area contributed by atoms with Gasteiger partial charge in [0.1, 0.15) is 0 Å². The molecule has 0 bridgehead atoms. The first kappa shape index (κ1) is 10.7. The van der Waals surface area contributed by atoms with Crippen molar-refractivity contribution in [1.29, 1.82) is 0 Å². The highest BCUT2D eigenvalue weighted by Crippen LogP contribution is 2.47. The summed E-state index contributed by atoms with van der Waals surface area (Å²) >= 11 is 1.81. The van der Waals surface area contributed by atoms with Crippen LogP contribution < -0.4 is 5.32 Å². The Morgan fingerprint density at radius 1 is 1.21 bits per heavy atom. The Morgan fingerprint density at radius 3 is 2.43 bits per heavy atom. The van der Waals surface area contributed by atoms with E-state index in [1.165, 1.54) is 0 Å². The van der Waals surface area contributed by atoms with Gasteiger partial charge in [-0.1, -0.05) is 0 Å². The highest BCUT2D eigenvalue weighted by molar-refractivity contribution is 7.99. The molecule has 3 nitrogen and oxygen atoms in total. The van der Waals surface area contributed by atoms with Crippen LogP contribution >= 0.6 is 11.8 Å². The molecule has 2 aliphatic rings. The summed E-state index contributed by atoms with van der Waals surface area (Å²) in [5, 5.41) is 23.4. The predicted molar refractivity (Wildman–Crippen MR) is 58.5 cm³/mol. The third kappa shape index (κ3) is 1.58. The van der Waals surface area contributed by atoms with Gasteiger partial charge in [-0.3, -0.25) is 0 Å². The van der Waals surface area contributed by atoms with Crippen LogP contribution in [0.1, 0.15) is 19.3 Å². The first-order valence-electron chi connectivity index (χ1n) is 5.34. The summed E-state index contributed by atoms with van der Waals surface area (Å²) in [5.41, 5.74) is -0.851. The molecule has 0 spiro atoms. The van der Waals surface area contributed by atoms with Crippen LogP contribution in [0, 0.1) is 5.41 Å². The number of hydrogen-bond donors (Lipinski definition) is 3. The zero-order chi connectivity index (χ0) is 10.1. The smallest absolute Gasteiger partial charge is 0.0824 e. The molecule has 0 saturated carbocycles. The standard InChI is InChI=1S/C10H19NO2S/c12-7-9(1-4-11-5-2-9)10(13)3-6-14-8-10/h11-13H,1-8H2. The minimum absolute atomic E-state index is 0.131. The van der Waals surface area contributed by atoms with Gasteiger partial charge in [-0.05, 0) is 38.1 Å². The lowest BCUT2D eigenvalue weighted by molar-refractivity contribution is -0.107. The molecule has 82 valence electrons. The van der Waals surface area contributed by atoms with Gasteiger partial charge in [0.05, 0.1) is 12.2 Å². The molecule has 0 aromatic heterocycles. The lowest BCUT2D eigenvalue weighted by atomic mass is 9.66. The van der Waals surface area contributed by atoms with E-state index in [0.29, 0.717) is 0 Å². The molecule has 2 heterocycles. The zero-order valence-corrected chi connectivity index (χ0v) is 9.28. The molecule has 4 heteroatoms.